The topological polar surface area (TPSA) is 104 Å². The highest BCUT2D eigenvalue weighted by Gasteiger charge is 2.34. The summed E-state index contributed by atoms with van der Waals surface area (Å²) in [7, 11) is 4.72. The van der Waals surface area contributed by atoms with Crippen LogP contribution in [0.4, 0.5) is 4.79 Å². The zero-order valence-electron chi connectivity index (χ0n) is 17.9. The molecule has 9 heteroatoms. The van der Waals surface area contributed by atoms with E-state index in [-0.39, 0.29) is 6.54 Å². The number of amides is 2. The van der Waals surface area contributed by atoms with Gasteiger partial charge in [-0.1, -0.05) is 6.07 Å². The molecule has 0 aromatic heterocycles. The van der Waals surface area contributed by atoms with Crippen LogP contribution in [0.1, 0.15) is 5.56 Å². The average Bonchev–Trinajstić information content (AvgIpc) is 2.79. The first-order valence-corrected chi connectivity index (χ1v) is 9.80. The molecule has 1 heterocycles. The number of methoxy groups -OCH3 is 3. The average molecular weight is 429 g/mol. The number of nitrogens with two attached hydrogens (primary N) is 1. The van der Waals surface area contributed by atoms with E-state index in [1.165, 1.54) is 4.90 Å². The molecular formula is C22H27N3O6. The number of nitrogens with zero attached hydrogens (tertiary/aromatic N) is 2. The molecule has 1 unspecified atom stereocenters. The van der Waals surface area contributed by atoms with Crippen molar-refractivity contribution in [3.8, 4) is 23.0 Å². The molecule has 2 N–H and O–H groups in total. The summed E-state index contributed by atoms with van der Waals surface area (Å²) >= 11 is 0. The molecule has 31 heavy (non-hydrogen) atoms. The number of hydrogen-bond acceptors (Lipinski definition) is 7. The monoisotopic (exact) mass is 429 g/mol. The molecule has 0 radical (unpaired) electrons. The highest BCUT2D eigenvalue weighted by atomic mass is 16.6. The molecule has 9 nitrogen and oxygen atoms in total. The second kappa shape index (κ2) is 10.0. The maximum absolute atomic E-state index is 12.6. The molecule has 2 aromatic rings. The molecule has 1 fully saturated rings. The van der Waals surface area contributed by atoms with Crippen LogP contribution in [0.2, 0.25) is 0 Å². The fourth-order valence-electron chi connectivity index (χ4n) is 3.54. The molecule has 0 saturated carbocycles. The van der Waals surface area contributed by atoms with Crippen LogP contribution < -0.4 is 24.7 Å². The van der Waals surface area contributed by atoms with Crippen LogP contribution in [0.15, 0.2) is 42.5 Å². The standard InChI is InChI=1S/C22H27N3O6/c1-28-15-7-9-16(10-8-15)31-22(27)25-12-11-24(18(14-25)21(23)26)13-17-19(29-2)5-4-6-20(17)30-3/h4-10,18H,11-14H2,1-3H3,(H2,23,26). The number of hydrogen-bond donors (Lipinski definition) is 1. The third kappa shape index (κ3) is 5.18. The Labute approximate surface area is 181 Å². The van der Waals surface area contributed by atoms with Crippen LogP contribution in [-0.4, -0.2) is 68.8 Å². The van der Waals surface area contributed by atoms with Crippen molar-refractivity contribution >= 4 is 12.0 Å². The number of piperazine rings is 1. The predicted molar refractivity (Wildman–Crippen MR) is 114 cm³/mol. The summed E-state index contributed by atoms with van der Waals surface area (Å²) in [4.78, 5) is 28.2. The van der Waals surface area contributed by atoms with E-state index in [4.69, 9.17) is 24.7 Å². The van der Waals surface area contributed by atoms with Crippen LogP contribution in [0.3, 0.4) is 0 Å². The first kappa shape index (κ1) is 22.2. The van der Waals surface area contributed by atoms with Gasteiger partial charge in [0.05, 0.1) is 26.9 Å². The Morgan fingerprint density at radius 1 is 0.935 bits per heavy atom. The van der Waals surface area contributed by atoms with Crippen LogP contribution in [0.5, 0.6) is 23.0 Å². The molecular weight excluding hydrogens is 402 g/mol. The molecule has 1 atom stereocenters. The Kier molecular flexibility index (Phi) is 7.19. The van der Waals surface area contributed by atoms with E-state index in [9.17, 15) is 9.59 Å². The third-order valence-electron chi connectivity index (χ3n) is 5.23. The van der Waals surface area contributed by atoms with Crippen molar-refractivity contribution in [2.24, 2.45) is 5.73 Å². The van der Waals surface area contributed by atoms with Crippen LogP contribution in [-0.2, 0) is 11.3 Å². The summed E-state index contributed by atoms with van der Waals surface area (Å²) in [5.41, 5.74) is 6.48. The van der Waals surface area contributed by atoms with E-state index in [1.807, 2.05) is 23.1 Å². The van der Waals surface area contributed by atoms with Crippen molar-refractivity contribution in [3.05, 3.63) is 48.0 Å². The van der Waals surface area contributed by atoms with Gasteiger partial charge in [-0.15, -0.1) is 0 Å². The van der Waals surface area contributed by atoms with Crippen molar-refractivity contribution in [1.29, 1.82) is 0 Å². The van der Waals surface area contributed by atoms with Crippen molar-refractivity contribution < 1.29 is 28.5 Å². The number of benzene rings is 2. The van der Waals surface area contributed by atoms with Gasteiger partial charge in [-0.25, -0.2) is 4.79 Å². The number of primary amides is 1. The van der Waals surface area contributed by atoms with Gasteiger partial charge in [-0.05, 0) is 36.4 Å². The quantitative estimate of drug-likeness (QED) is 0.717. The van der Waals surface area contributed by atoms with Gasteiger partial charge in [-0.3, -0.25) is 9.69 Å². The highest BCUT2D eigenvalue weighted by molar-refractivity contribution is 5.81. The number of carbonyl (C=O) groups is 2. The molecule has 3 rings (SSSR count). The lowest BCUT2D eigenvalue weighted by Crippen LogP contribution is -2.59. The van der Waals surface area contributed by atoms with Crippen LogP contribution in [0.25, 0.3) is 0 Å². The van der Waals surface area contributed by atoms with E-state index in [0.29, 0.717) is 42.6 Å². The summed E-state index contributed by atoms with van der Waals surface area (Å²) in [6, 6.07) is 11.5. The lowest BCUT2D eigenvalue weighted by Gasteiger charge is -2.39. The molecule has 1 aliphatic heterocycles. The second-order valence-electron chi connectivity index (χ2n) is 7.02. The van der Waals surface area contributed by atoms with Gasteiger partial charge in [0.2, 0.25) is 5.91 Å². The Hall–Kier alpha value is -3.46. The van der Waals surface area contributed by atoms with Gasteiger partial charge in [0.25, 0.3) is 0 Å². The lowest BCUT2D eigenvalue weighted by molar-refractivity contribution is -0.125. The Bertz CT molecular complexity index is 896. The van der Waals surface area contributed by atoms with Gasteiger partial charge >= 0.3 is 6.09 Å². The van der Waals surface area contributed by atoms with Gasteiger partial charge < -0.3 is 29.6 Å². The van der Waals surface area contributed by atoms with E-state index < -0.39 is 18.0 Å². The zero-order chi connectivity index (χ0) is 22.4. The van der Waals surface area contributed by atoms with E-state index in [0.717, 1.165) is 5.56 Å². The smallest absolute Gasteiger partial charge is 0.415 e. The van der Waals surface area contributed by atoms with Crippen LogP contribution >= 0.6 is 0 Å². The molecule has 1 aliphatic rings. The Balaban J connectivity index is 1.71. The maximum Gasteiger partial charge on any atom is 0.415 e. The number of carbonyl (C=O) groups excluding carboxylic acids is 2. The van der Waals surface area contributed by atoms with Gasteiger partial charge in [0, 0.05) is 26.2 Å². The number of ether oxygens (including phenoxy) is 4. The molecule has 2 amide bonds. The number of rotatable bonds is 7. The predicted octanol–water partition coefficient (Wildman–Crippen LogP) is 1.88. The minimum absolute atomic E-state index is 0.127. The van der Waals surface area contributed by atoms with Crippen LogP contribution in [0, 0.1) is 0 Å². The highest BCUT2D eigenvalue weighted by Crippen LogP contribution is 2.30. The van der Waals surface area contributed by atoms with Gasteiger partial charge in [0.15, 0.2) is 0 Å². The zero-order valence-corrected chi connectivity index (χ0v) is 17.9. The second-order valence-corrected chi connectivity index (χ2v) is 7.02. The van der Waals surface area contributed by atoms with Gasteiger partial charge in [-0.2, -0.15) is 0 Å². The fourth-order valence-corrected chi connectivity index (χ4v) is 3.54. The molecule has 1 saturated heterocycles. The summed E-state index contributed by atoms with van der Waals surface area (Å²) in [5.74, 6) is 1.85. The summed E-state index contributed by atoms with van der Waals surface area (Å²) in [5, 5.41) is 0. The van der Waals surface area contributed by atoms with E-state index in [2.05, 4.69) is 0 Å². The largest absolute Gasteiger partial charge is 0.497 e. The van der Waals surface area contributed by atoms with E-state index in [1.54, 1.807) is 45.6 Å². The first-order chi connectivity index (χ1) is 15.0. The lowest BCUT2D eigenvalue weighted by atomic mass is 10.1. The summed E-state index contributed by atoms with van der Waals surface area (Å²) < 4.78 is 21.4. The minimum Gasteiger partial charge on any atom is -0.497 e. The SMILES string of the molecule is COc1ccc(OC(=O)N2CCN(Cc3c(OC)cccc3OC)C(C(N)=O)C2)cc1. The Morgan fingerprint density at radius 2 is 1.55 bits per heavy atom. The van der Waals surface area contributed by atoms with E-state index >= 15 is 0 Å². The van der Waals surface area contributed by atoms with Crippen molar-refractivity contribution in [1.82, 2.24) is 9.80 Å². The molecule has 0 bridgehead atoms. The summed E-state index contributed by atoms with van der Waals surface area (Å²) in [6.45, 7) is 1.34. The fraction of sp³-hybridized carbons (Fsp3) is 0.364. The van der Waals surface area contributed by atoms with Crippen molar-refractivity contribution in [3.63, 3.8) is 0 Å². The molecule has 0 spiro atoms. The first-order valence-electron chi connectivity index (χ1n) is 9.80. The minimum atomic E-state index is -0.674. The summed E-state index contributed by atoms with van der Waals surface area (Å²) in [6.07, 6.45) is -0.536. The molecule has 2 aromatic carbocycles. The Morgan fingerprint density at radius 3 is 2.10 bits per heavy atom. The van der Waals surface area contributed by atoms with Crippen molar-refractivity contribution in [2.45, 2.75) is 12.6 Å². The third-order valence-corrected chi connectivity index (χ3v) is 5.23. The maximum atomic E-state index is 12.6. The molecule has 0 aliphatic carbocycles. The van der Waals surface area contributed by atoms with Gasteiger partial charge in [0.1, 0.15) is 29.0 Å². The normalized spacial score (nSPS) is 16.5. The molecule has 166 valence electrons. The van der Waals surface area contributed by atoms with Crippen molar-refractivity contribution in [2.75, 3.05) is 41.0 Å².